The van der Waals surface area contributed by atoms with Gasteiger partial charge in [0, 0.05) is 17.7 Å². The number of anilines is 1. The molecule has 0 saturated carbocycles. The monoisotopic (exact) mass is 338 g/mol. The van der Waals surface area contributed by atoms with E-state index < -0.39 is 0 Å². The highest BCUT2D eigenvalue weighted by Crippen LogP contribution is 2.33. The van der Waals surface area contributed by atoms with Crippen molar-refractivity contribution in [1.29, 1.82) is 0 Å². The molecule has 2 aliphatic heterocycles. The van der Waals surface area contributed by atoms with E-state index in [1.807, 2.05) is 24.3 Å². The summed E-state index contributed by atoms with van der Waals surface area (Å²) in [6.07, 6.45) is 5.54. The molecule has 1 aliphatic carbocycles. The van der Waals surface area contributed by atoms with Crippen molar-refractivity contribution in [3.63, 3.8) is 0 Å². The average Bonchev–Trinajstić information content (AvgIpc) is 2.56. The molecule has 4 rings (SSSR count). The molecule has 1 aromatic rings. The third-order valence-electron chi connectivity index (χ3n) is 5.22. The maximum Gasteiger partial charge on any atom is 0.291 e. The minimum Gasteiger partial charge on any atom is -0.325 e. The van der Waals surface area contributed by atoms with Crippen molar-refractivity contribution in [3.8, 4) is 0 Å². The Bertz CT molecular complexity index is 764. The van der Waals surface area contributed by atoms with Crippen molar-refractivity contribution in [2.45, 2.75) is 50.6 Å². The van der Waals surface area contributed by atoms with Gasteiger partial charge in [0.1, 0.15) is 0 Å². The Balaban J connectivity index is 1.48. The van der Waals surface area contributed by atoms with Crippen LogP contribution in [-0.4, -0.2) is 30.4 Å². The molecule has 2 unspecified atom stereocenters. The van der Waals surface area contributed by atoms with Gasteiger partial charge in [-0.15, -0.1) is 5.11 Å². The molecule has 2 N–H and O–H groups in total. The summed E-state index contributed by atoms with van der Waals surface area (Å²) in [5.74, 6) is -0.136. The number of carbonyl (C=O) groups is 2. The summed E-state index contributed by atoms with van der Waals surface area (Å²) in [6.45, 7) is 0.904. The first-order valence-corrected chi connectivity index (χ1v) is 9.01. The lowest BCUT2D eigenvalue weighted by molar-refractivity contribution is -0.119. The van der Waals surface area contributed by atoms with E-state index in [9.17, 15) is 9.59 Å². The van der Waals surface area contributed by atoms with Crippen LogP contribution in [0.2, 0.25) is 0 Å². The molecule has 0 bridgehead atoms. The lowest BCUT2D eigenvalue weighted by Crippen LogP contribution is -2.50. The summed E-state index contributed by atoms with van der Waals surface area (Å²) in [7, 11) is 0. The van der Waals surface area contributed by atoms with E-state index in [0.717, 1.165) is 55.5 Å². The fourth-order valence-corrected chi connectivity index (χ4v) is 3.70. The van der Waals surface area contributed by atoms with Crippen LogP contribution in [0, 0.1) is 0 Å². The minimum atomic E-state index is -0.153. The first-order chi connectivity index (χ1) is 12.2. The smallest absolute Gasteiger partial charge is 0.291 e. The van der Waals surface area contributed by atoms with Crippen molar-refractivity contribution in [2.24, 2.45) is 10.2 Å². The highest BCUT2D eigenvalue weighted by molar-refractivity contribution is 5.96. The predicted octanol–water partition coefficient (Wildman–Crippen LogP) is 2.76. The Labute approximate surface area is 146 Å². The number of carbonyl (C=O) groups excluding carboxylic acids is 2. The molecule has 0 radical (unpaired) electrons. The largest absolute Gasteiger partial charge is 0.325 e. The van der Waals surface area contributed by atoms with Gasteiger partial charge in [-0.1, -0.05) is 12.1 Å². The highest BCUT2D eigenvalue weighted by atomic mass is 16.2. The van der Waals surface area contributed by atoms with E-state index in [-0.39, 0.29) is 23.9 Å². The predicted molar refractivity (Wildman–Crippen MR) is 94.3 cm³/mol. The van der Waals surface area contributed by atoms with Crippen molar-refractivity contribution in [1.82, 2.24) is 5.32 Å². The number of rotatable bonds is 4. The van der Waals surface area contributed by atoms with Crippen LogP contribution in [0.5, 0.6) is 0 Å². The van der Waals surface area contributed by atoms with Crippen LogP contribution < -0.4 is 10.6 Å². The Morgan fingerprint density at radius 2 is 2.12 bits per heavy atom. The van der Waals surface area contributed by atoms with E-state index in [2.05, 4.69) is 20.9 Å². The second-order valence-electron chi connectivity index (χ2n) is 6.94. The van der Waals surface area contributed by atoms with Crippen LogP contribution in [0.1, 0.15) is 37.7 Å². The third-order valence-corrected chi connectivity index (χ3v) is 5.22. The second-order valence-corrected chi connectivity index (χ2v) is 6.94. The zero-order chi connectivity index (χ0) is 17.2. The molecular formula is C19H22N4O2. The minimum absolute atomic E-state index is 0.0172. The Kier molecular flexibility index (Phi) is 4.44. The van der Waals surface area contributed by atoms with Crippen molar-refractivity contribution < 1.29 is 9.59 Å². The summed E-state index contributed by atoms with van der Waals surface area (Å²) < 4.78 is 0. The van der Waals surface area contributed by atoms with E-state index in [0.29, 0.717) is 6.42 Å². The molecular weight excluding hydrogens is 316 g/mol. The fraction of sp³-hybridized carbons (Fsp3) is 0.474. The molecule has 2 heterocycles. The third kappa shape index (κ3) is 3.39. The standard InChI is InChI=1S/C19H22N4O2/c24-18-15-7-2-1-6-14(15)17(22-23-18)11-12-4-3-5-13(10-12)21-19(25)16-8-9-20-16/h3-5,10,16-17,20H,1-2,6-9,11H2,(H,21,25). The normalized spacial score (nSPS) is 25.4. The molecule has 2 atom stereocenters. The number of benzene rings is 1. The molecule has 1 aromatic carbocycles. The van der Waals surface area contributed by atoms with Crippen molar-refractivity contribution >= 4 is 17.5 Å². The number of amides is 2. The van der Waals surface area contributed by atoms with Crippen molar-refractivity contribution in [3.05, 3.63) is 41.0 Å². The Morgan fingerprint density at radius 3 is 2.92 bits per heavy atom. The molecule has 25 heavy (non-hydrogen) atoms. The number of hydrogen-bond donors (Lipinski definition) is 2. The number of nitrogens with one attached hydrogen (secondary N) is 2. The van der Waals surface area contributed by atoms with E-state index in [1.165, 1.54) is 5.57 Å². The zero-order valence-corrected chi connectivity index (χ0v) is 14.1. The van der Waals surface area contributed by atoms with Gasteiger partial charge in [-0.05, 0) is 61.9 Å². The molecule has 6 nitrogen and oxygen atoms in total. The van der Waals surface area contributed by atoms with Gasteiger partial charge >= 0.3 is 0 Å². The lowest BCUT2D eigenvalue weighted by Gasteiger charge is -2.27. The van der Waals surface area contributed by atoms with Crippen LogP contribution in [0.3, 0.4) is 0 Å². The summed E-state index contributed by atoms with van der Waals surface area (Å²) >= 11 is 0. The summed E-state index contributed by atoms with van der Waals surface area (Å²) in [4.78, 5) is 24.0. The lowest BCUT2D eigenvalue weighted by atomic mass is 9.84. The highest BCUT2D eigenvalue weighted by Gasteiger charge is 2.29. The summed E-state index contributed by atoms with van der Waals surface area (Å²) in [5, 5.41) is 14.2. The number of azo groups is 1. The fourth-order valence-electron chi connectivity index (χ4n) is 3.70. The van der Waals surface area contributed by atoms with Gasteiger partial charge < -0.3 is 10.6 Å². The van der Waals surface area contributed by atoms with Crippen LogP contribution in [0.15, 0.2) is 45.6 Å². The van der Waals surface area contributed by atoms with Crippen LogP contribution in [-0.2, 0) is 16.0 Å². The first kappa shape index (κ1) is 16.1. The first-order valence-electron chi connectivity index (χ1n) is 9.01. The van der Waals surface area contributed by atoms with E-state index in [4.69, 9.17) is 0 Å². The summed E-state index contributed by atoms with van der Waals surface area (Å²) in [5.41, 5.74) is 3.94. The maximum absolute atomic E-state index is 12.1. The summed E-state index contributed by atoms with van der Waals surface area (Å²) in [6, 6.07) is 7.75. The molecule has 3 aliphatic rings. The molecule has 1 fully saturated rings. The zero-order valence-electron chi connectivity index (χ0n) is 14.1. The molecule has 0 spiro atoms. The molecule has 1 saturated heterocycles. The van der Waals surface area contributed by atoms with Gasteiger partial charge in [-0.3, -0.25) is 9.59 Å². The van der Waals surface area contributed by atoms with E-state index in [1.54, 1.807) is 0 Å². The van der Waals surface area contributed by atoms with Gasteiger partial charge in [0.2, 0.25) is 5.91 Å². The van der Waals surface area contributed by atoms with Gasteiger partial charge in [-0.2, -0.15) is 5.11 Å². The average molecular weight is 338 g/mol. The van der Waals surface area contributed by atoms with Gasteiger partial charge in [0.05, 0.1) is 12.1 Å². The van der Waals surface area contributed by atoms with Gasteiger partial charge in [0.15, 0.2) is 0 Å². The molecule has 0 aromatic heterocycles. The maximum atomic E-state index is 12.1. The van der Waals surface area contributed by atoms with Crippen LogP contribution in [0.25, 0.3) is 0 Å². The number of nitrogens with zero attached hydrogens (tertiary/aromatic N) is 2. The Morgan fingerprint density at radius 1 is 1.28 bits per heavy atom. The molecule has 130 valence electrons. The van der Waals surface area contributed by atoms with Crippen LogP contribution in [0.4, 0.5) is 5.69 Å². The Hall–Kier alpha value is -2.34. The molecule has 6 heteroatoms. The topological polar surface area (TPSA) is 82.9 Å². The van der Waals surface area contributed by atoms with Gasteiger partial charge in [-0.25, -0.2) is 0 Å². The van der Waals surface area contributed by atoms with E-state index >= 15 is 0 Å². The van der Waals surface area contributed by atoms with Crippen molar-refractivity contribution in [2.75, 3.05) is 11.9 Å². The SMILES string of the molecule is O=C1N=NC(Cc2cccc(NC(=O)C3CCN3)c2)C2=C1CCCC2. The van der Waals surface area contributed by atoms with Gasteiger partial charge in [0.25, 0.3) is 5.91 Å². The quantitative estimate of drug-likeness (QED) is 0.885. The van der Waals surface area contributed by atoms with Crippen LogP contribution >= 0.6 is 0 Å². The molecule has 2 amide bonds. The number of hydrogen-bond acceptors (Lipinski definition) is 4. The second kappa shape index (κ2) is 6.88.